The van der Waals surface area contributed by atoms with Crippen molar-refractivity contribution >= 4 is 38.2 Å². The van der Waals surface area contributed by atoms with Crippen molar-refractivity contribution in [1.82, 2.24) is 14.8 Å². The van der Waals surface area contributed by atoms with Gasteiger partial charge < -0.3 is 4.57 Å². The van der Waals surface area contributed by atoms with Crippen molar-refractivity contribution in [3.63, 3.8) is 0 Å². The van der Waals surface area contributed by atoms with Gasteiger partial charge in [-0.1, -0.05) is 41.7 Å². The minimum atomic E-state index is -0.299. The van der Waals surface area contributed by atoms with Gasteiger partial charge in [-0.15, -0.1) is 0 Å². The largest absolute Gasteiger partial charge is 0.319 e. The van der Waals surface area contributed by atoms with Crippen molar-refractivity contribution in [1.29, 1.82) is 0 Å². The minimum Gasteiger partial charge on any atom is -0.319 e. The molecule has 0 saturated heterocycles. The molecular formula is C18H14N4O2S. The standard InChI is InChI=1S/C18H14N4O2S/c1-22-14-8-4-5-9-15(14)25-18(22)19-16(23)10-13-11-6-2-3-7-12(11)17(24)21-20-13/h2-9H,10H2,1H3,(H,21,24). The number of fused-ring (bicyclic) bond motifs is 2. The molecule has 0 fully saturated rings. The van der Waals surface area contributed by atoms with Crippen LogP contribution in [0.3, 0.4) is 0 Å². The van der Waals surface area contributed by atoms with E-state index in [1.54, 1.807) is 18.2 Å². The molecule has 2 aromatic heterocycles. The molecule has 7 heteroatoms. The van der Waals surface area contributed by atoms with Gasteiger partial charge in [0, 0.05) is 12.4 Å². The second-order valence-electron chi connectivity index (χ2n) is 5.64. The van der Waals surface area contributed by atoms with Crippen LogP contribution < -0.4 is 10.4 Å². The maximum absolute atomic E-state index is 12.4. The van der Waals surface area contributed by atoms with Crippen LogP contribution in [-0.2, 0) is 18.3 Å². The Morgan fingerprint density at radius 3 is 2.68 bits per heavy atom. The first kappa shape index (κ1) is 15.5. The number of aromatic amines is 1. The van der Waals surface area contributed by atoms with E-state index in [1.165, 1.54) is 11.3 Å². The minimum absolute atomic E-state index is 0.0333. The number of para-hydroxylation sites is 1. The molecule has 124 valence electrons. The van der Waals surface area contributed by atoms with Gasteiger partial charge in [-0.3, -0.25) is 9.59 Å². The van der Waals surface area contributed by atoms with Crippen LogP contribution in [0, 0.1) is 0 Å². The number of amides is 1. The molecule has 0 spiro atoms. The number of rotatable bonds is 2. The quantitative estimate of drug-likeness (QED) is 0.601. The smallest absolute Gasteiger partial charge is 0.272 e. The van der Waals surface area contributed by atoms with E-state index in [4.69, 9.17) is 0 Å². The second kappa shape index (κ2) is 6.10. The Balaban J connectivity index is 1.74. The van der Waals surface area contributed by atoms with E-state index in [0.29, 0.717) is 21.3 Å². The highest BCUT2D eigenvalue weighted by Crippen LogP contribution is 2.16. The first-order chi connectivity index (χ1) is 12.1. The van der Waals surface area contributed by atoms with Crippen molar-refractivity contribution in [2.45, 2.75) is 6.42 Å². The molecule has 0 bridgehead atoms. The lowest BCUT2D eigenvalue weighted by Gasteiger charge is -2.02. The van der Waals surface area contributed by atoms with Crippen LogP contribution in [0.2, 0.25) is 0 Å². The fourth-order valence-electron chi connectivity index (χ4n) is 2.78. The van der Waals surface area contributed by atoms with Crippen LogP contribution in [0.4, 0.5) is 0 Å². The molecule has 1 N–H and O–H groups in total. The van der Waals surface area contributed by atoms with Gasteiger partial charge in [-0.25, -0.2) is 5.10 Å². The molecule has 0 aliphatic heterocycles. The summed E-state index contributed by atoms with van der Waals surface area (Å²) in [7, 11) is 1.89. The first-order valence-electron chi connectivity index (χ1n) is 7.72. The SMILES string of the molecule is Cn1c(=NC(=O)Cc2n[nH]c(=O)c3ccccc23)sc2ccccc21. The number of nitrogens with one attached hydrogen (secondary N) is 1. The molecule has 1 amide bonds. The van der Waals surface area contributed by atoms with Crippen molar-refractivity contribution in [2.75, 3.05) is 0 Å². The zero-order valence-electron chi connectivity index (χ0n) is 13.4. The molecule has 0 radical (unpaired) electrons. The van der Waals surface area contributed by atoms with Crippen LogP contribution >= 0.6 is 11.3 Å². The second-order valence-corrected chi connectivity index (χ2v) is 6.65. The number of H-pyrrole nitrogens is 1. The summed E-state index contributed by atoms with van der Waals surface area (Å²) in [6.07, 6.45) is 0.0333. The summed E-state index contributed by atoms with van der Waals surface area (Å²) >= 11 is 1.47. The Morgan fingerprint density at radius 2 is 1.88 bits per heavy atom. The summed E-state index contributed by atoms with van der Waals surface area (Å²) in [5, 5.41) is 7.67. The molecule has 0 saturated carbocycles. The summed E-state index contributed by atoms with van der Waals surface area (Å²) in [5.41, 5.74) is 1.29. The van der Waals surface area contributed by atoms with Crippen LogP contribution in [0.5, 0.6) is 0 Å². The number of benzene rings is 2. The highest BCUT2D eigenvalue weighted by Gasteiger charge is 2.11. The number of thiazole rings is 1. The van der Waals surface area contributed by atoms with E-state index in [0.717, 1.165) is 10.2 Å². The Morgan fingerprint density at radius 1 is 1.16 bits per heavy atom. The molecule has 0 unspecified atom stereocenters. The average molecular weight is 350 g/mol. The van der Waals surface area contributed by atoms with Crippen molar-refractivity contribution in [2.24, 2.45) is 12.0 Å². The molecule has 25 heavy (non-hydrogen) atoms. The summed E-state index contributed by atoms with van der Waals surface area (Å²) in [4.78, 5) is 29.1. The fraction of sp³-hybridized carbons (Fsp3) is 0.111. The number of aryl methyl sites for hydroxylation is 1. The van der Waals surface area contributed by atoms with E-state index in [9.17, 15) is 9.59 Å². The number of hydrogen-bond acceptors (Lipinski definition) is 4. The number of nitrogens with zero attached hydrogens (tertiary/aromatic N) is 3. The lowest BCUT2D eigenvalue weighted by molar-refractivity contribution is -0.117. The van der Waals surface area contributed by atoms with Gasteiger partial charge in [-0.05, 0) is 18.2 Å². The maximum Gasteiger partial charge on any atom is 0.272 e. The van der Waals surface area contributed by atoms with E-state index in [1.807, 2.05) is 41.9 Å². The highest BCUT2D eigenvalue weighted by atomic mass is 32.1. The van der Waals surface area contributed by atoms with Crippen molar-refractivity contribution < 1.29 is 4.79 Å². The van der Waals surface area contributed by atoms with E-state index in [2.05, 4.69) is 15.2 Å². The topological polar surface area (TPSA) is 80.1 Å². The van der Waals surface area contributed by atoms with Gasteiger partial charge in [0.25, 0.3) is 11.5 Å². The normalized spacial score (nSPS) is 12.1. The van der Waals surface area contributed by atoms with Gasteiger partial charge in [0.1, 0.15) is 0 Å². The zero-order valence-corrected chi connectivity index (χ0v) is 14.2. The molecular weight excluding hydrogens is 336 g/mol. The van der Waals surface area contributed by atoms with Crippen LogP contribution in [0.15, 0.2) is 58.3 Å². The Hall–Kier alpha value is -3.06. The average Bonchev–Trinajstić information content (AvgIpc) is 2.94. The summed E-state index contributed by atoms with van der Waals surface area (Å²) in [6.45, 7) is 0. The number of hydrogen-bond donors (Lipinski definition) is 1. The molecule has 6 nitrogen and oxygen atoms in total. The third kappa shape index (κ3) is 2.78. The molecule has 2 aromatic carbocycles. The predicted molar refractivity (Wildman–Crippen MR) is 97.4 cm³/mol. The summed E-state index contributed by atoms with van der Waals surface area (Å²) in [5.74, 6) is -0.299. The van der Waals surface area contributed by atoms with E-state index < -0.39 is 0 Å². The monoisotopic (exact) mass is 350 g/mol. The van der Waals surface area contributed by atoms with Crippen molar-refractivity contribution in [3.8, 4) is 0 Å². The van der Waals surface area contributed by atoms with E-state index in [-0.39, 0.29) is 17.9 Å². The number of aromatic nitrogens is 3. The van der Waals surface area contributed by atoms with Gasteiger partial charge in [0.15, 0.2) is 4.80 Å². The van der Waals surface area contributed by atoms with Gasteiger partial charge in [0.05, 0.1) is 27.7 Å². The molecule has 0 atom stereocenters. The highest BCUT2D eigenvalue weighted by molar-refractivity contribution is 7.16. The molecule has 4 rings (SSSR count). The van der Waals surface area contributed by atoms with Crippen LogP contribution in [0.1, 0.15) is 5.69 Å². The van der Waals surface area contributed by atoms with Crippen LogP contribution in [-0.4, -0.2) is 20.7 Å². The first-order valence-corrected chi connectivity index (χ1v) is 8.53. The Bertz CT molecular complexity index is 1230. The number of carbonyl (C=O) groups is 1. The number of carbonyl (C=O) groups excluding carboxylic acids is 1. The summed E-state index contributed by atoms with van der Waals surface area (Å²) in [6, 6.07) is 15.0. The van der Waals surface area contributed by atoms with Gasteiger partial charge in [-0.2, -0.15) is 10.1 Å². The Kier molecular flexibility index (Phi) is 3.77. The summed E-state index contributed by atoms with van der Waals surface area (Å²) < 4.78 is 2.97. The fourth-order valence-corrected chi connectivity index (χ4v) is 3.82. The molecule has 4 aromatic rings. The van der Waals surface area contributed by atoms with Crippen molar-refractivity contribution in [3.05, 3.63) is 69.4 Å². The third-order valence-electron chi connectivity index (χ3n) is 4.03. The lowest BCUT2D eigenvalue weighted by atomic mass is 10.1. The maximum atomic E-state index is 12.4. The zero-order chi connectivity index (χ0) is 17.4. The van der Waals surface area contributed by atoms with Gasteiger partial charge >= 0.3 is 0 Å². The van der Waals surface area contributed by atoms with E-state index >= 15 is 0 Å². The molecule has 2 heterocycles. The van der Waals surface area contributed by atoms with Gasteiger partial charge in [0.2, 0.25) is 0 Å². The third-order valence-corrected chi connectivity index (χ3v) is 5.14. The predicted octanol–water partition coefficient (Wildman–Crippen LogP) is 2.15. The molecule has 0 aliphatic rings. The lowest BCUT2D eigenvalue weighted by Crippen LogP contribution is -2.16. The van der Waals surface area contributed by atoms with Crippen LogP contribution in [0.25, 0.3) is 21.0 Å². The Labute approximate surface area is 146 Å². The molecule has 0 aliphatic carbocycles.